The summed E-state index contributed by atoms with van der Waals surface area (Å²) in [6.07, 6.45) is 0. The number of furan rings is 1. The fourth-order valence-corrected chi connectivity index (χ4v) is 9.37. The maximum atomic E-state index is 6.97. The van der Waals surface area contributed by atoms with Gasteiger partial charge in [-0.3, -0.25) is 0 Å². The van der Waals surface area contributed by atoms with Gasteiger partial charge in [0, 0.05) is 55.8 Å². The normalized spacial score (nSPS) is 13.0. The van der Waals surface area contributed by atoms with E-state index in [1.165, 1.54) is 54.9 Å². The summed E-state index contributed by atoms with van der Waals surface area (Å²) in [4.78, 5) is 4.75. The zero-order valence-corrected chi connectivity index (χ0v) is 31.3. The van der Waals surface area contributed by atoms with Gasteiger partial charge in [0.25, 0.3) is 0 Å². The number of anilines is 6. The van der Waals surface area contributed by atoms with Crippen LogP contribution in [0, 0.1) is 0 Å². The Morgan fingerprint density at radius 3 is 1.34 bits per heavy atom. The summed E-state index contributed by atoms with van der Waals surface area (Å²) in [5.41, 5.74) is 13.4. The zero-order valence-electron chi connectivity index (χ0n) is 31.3. The summed E-state index contributed by atoms with van der Waals surface area (Å²) >= 11 is 0. The van der Waals surface area contributed by atoms with Crippen LogP contribution in [0.15, 0.2) is 199 Å². The molecule has 56 heavy (non-hydrogen) atoms. The van der Waals surface area contributed by atoms with Crippen molar-refractivity contribution < 1.29 is 4.42 Å². The van der Waals surface area contributed by atoms with Gasteiger partial charge in [-0.1, -0.05) is 141 Å². The number of benzene rings is 9. The Bertz CT molecular complexity index is 3020. The Morgan fingerprint density at radius 2 is 0.821 bits per heavy atom. The molecule has 1 aliphatic rings. The Morgan fingerprint density at radius 1 is 0.393 bits per heavy atom. The lowest BCUT2D eigenvalue weighted by Gasteiger charge is -2.30. The summed E-state index contributed by atoms with van der Waals surface area (Å²) in [6, 6.07) is 69.7. The van der Waals surface area contributed by atoms with E-state index in [0.29, 0.717) is 0 Å². The lowest BCUT2D eigenvalue weighted by atomic mass is 9.79. The number of para-hydroxylation sites is 4. The molecule has 0 N–H and O–H groups in total. The summed E-state index contributed by atoms with van der Waals surface area (Å²) in [5.74, 6) is 0. The van der Waals surface area contributed by atoms with Gasteiger partial charge in [0.05, 0.1) is 11.4 Å². The highest BCUT2D eigenvalue weighted by Gasteiger charge is 2.40. The van der Waals surface area contributed by atoms with Gasteiger partial charge < -0.3 is 14.2 Å². The standard InChI is InChI=1S/C53H38N2O/c1-53(2)44-33-45(54(35-19-7-3-8-20-35)36-21-9-4-10-22-36)39-27-15-17-29-41(39)49(44)43-31-32-47-51(52(43)53)50-42-30-18-16-28-40(42)46(34-48(50)56-47)55(37-23-11-5-12-24-37)38-25-13-6-14-26-38/h3-34H,1-2H3. The van der Waals surface area contributed by atoms with Crippen LogP contribution >= 0.6 is 0 Å². The molecule has 0 saturated heterocycles. The minimum atomic E-state index is -0.335. The molecule has 0 unspecified atom stereocenters. The first-order valence-corrected chi connectivity index (χ1v) is 19.4. The van der Waals surface area contributed by atoms with E-state index in [9.17, 15) is 0 Å². The molecule has 0 bridgehead atoms. The largest absolute Gasteiger partial charge is 0.456 e. The average Bonchev–Trinajstić information content (AvgIpc) is 3.74. The van der Waals surface area contributed by atoms with Gasteiger partial charge in [-0.25, -0.2) is 0 Å². The molecule has 1 aromatic heterocycles. The lowest BCUT2D eigenvalue weighted by Crippen LogP contribution is -2.17. The van der Waals surface area contributed by atoms with Crippen molar-refractivity contribution in [3.63, 3.8) is 0 Å². The second kappa shape index (κ2) is 12.5. The molecular weight excluding hydrogens is 681 g/mol. The van der Waals surface area contributed by atoms with Crippen molar-refractivity contribution in [2.45, 2.75) is 19.3 Å². The maximum absolute atomic E-state index is 6.97. The third-order valence-electron chi connectivity index (χ3n) is 11.8. The zero-order chi connectivity index (χ0) is 37.4. The number of nitrogens with zero attached hydrogens (tertiary/aromatic N) is 2. The SMILES string of the molecule is CC1(C)c2cc(N(c3ccccc3)c3ccccc3)c3ccccc3c2-c2ccc3oc4cc(N(c5ccccc5)c5ccccc5)c5ccccc5c4c3c21. The highest BCUT2D eigenvalue weighted by Crippen LogP contribution is 2.58. The van der Waals surface area contributed by atoms with Gasteiger partial charge >= 0.3 is 0 Å². The molecule has 10 aromatic rings. The van der Waals surface area contributed by atoms with Gasteiger partial charge in [-0.15, -0.1) is 0 Å². The molecular formula is C53H38N2O. The monoisotopic (exact) mass is 718 g/mol. The van der Waals surface area contributed by atoms with Gasteiger partial charge in [0.15, 0.2) is 0 Å². The first-order valence-electron chi connectivity index (χ1n) is 19.4. The van der Waals surface area contributed by atoms with Crippen LogP contribution in [0.5, 0.6) is 0 Å². The van der Waals surface area contributed by atoms with Crippen LogP contribution in [0.3, 0.4) is 0 Å². The van der Waals surface area contributed by atoms with E-state index in [0.717, 1.165) is 45.0 Å². The number of rotatable bonds is 6. The van der Waals surface area contributed by atoms with E-state index in [1.54, 1.807) is 0 Å². The van der Waals surface area contributed by atoms with E-state index >= 15 is 0 Å². The van der Waals surface area contributed by atoms with Crippen LogP contribution < -0.4 is 9.80 Å². The molecule has 266 valence electrons. The first kappa shape index (κ1) is 32.3. The minimum Gasteiger partial charge on any atom is -0.456 e. The molecule has 1 heterocycles. The molecule has 0 atom stereocenters. The molecule has 3 heteroatoms. The van der Waals surface area contributed by atoms with E-state index in [1.807, 2.05) is 0 Å². The fourth-order valence-electron chi connectivity index (χ4n) is 9.37. The summed E-state index contributed by atoms with van der Waals surface area (Å²) in [7, 11) is 0. The highest BCUT2D eigenvalue weighted by molar-refractivity contribution is 6.25. The van der Waals surface area contributed by atoms with E-state index in [-0.39, 0.29) is 5.41 Å². The summed E-state index contributed by atoms with van der Waals surface area (Å²) < 4.78 is 6.97. The molecule has 9 aromatic carbocycles. The molecule has 0 aliphatic heterocycles. The Balaban J connectivity index is 1.19. The van der Waals surface area contributed by atoms with Crippen molar-refractivity contribution in [2.24, 2.45) is 0 Å². The van der Waals surface area contributed by atoms with Crippen molar-refractivity contribution in [3.8, 4) is 11.1 Å². The minimum absolute atomic E-state index is 0.335. The molecule has 0 radical (unpaired) electrons. The highest BCUT2D eigenvalue weighted by atomic mass is 16.3. The van der Waals surface area contributed by atoms with Crippen LogP contribution in [-0.4, -0.2) is 0 Å². The van der Waals surface area contributed by atoms with Crippen LogP contribution in [0.25, 0.3) is 54.6 Å². The topological polar surface area (TPSA) is 19.6 Å². The van der Waals surface area contributed by atoms with Crippen molar-refractivity contribution >= 4 is 77.6 Å². The Labute approximate surface area is 326 Å². The molecule has 0 spiro atoms. The fraction of sp³-hybridized carbons (Fsp3) is 0.0566. The molecule has 0 fully saturated rings. The van der Waals surface area contributed by atoms with Crippen LogP contribution in [0.2, 0.25) is 0 Å². The second-order valence-electron chi connectivity index (χ2n) is 15.3. The molecule has 0 amide bonds. The third kappa shape index (κ3) is 4.77. The smallest absolute Gasteiger partial charge is 0.138 e. The van der Waals surface area contributed by atoms with Crippen molar-refractivity contribution in [1.29, 1.82) is 0 Å². The first-order chi connectivity index (χ1) is 27.6. The number of hydrogen-bond donors (Lipinski definition) is 0. The van der Waals surface area contributed by atoms with Crippen molar-refractivity contribution in [2.75, 3.05) is 9.80 Å². The molecule has 3 nitrogen and oxygen atoms in total. The lowest BCUT2D eigenvalue weighted by molar-refractivity contribution is 0.657. The van der Waals surface area contributed by atoms with Gasteiger partial charge in [0.2, 0.25) is 0 Å². The molecule has 0 saturated carbocycles. The van der Waals surface area contributed by atoms with E-state index in [2.05, 4.69) is 218 Å². The van der Waals surface area contributed by atoms with Gasteiger partial charge in [0.1, 0.15) is 11.2 Å². The van der Waals surface area contributed by atoms with Crippen molar-refractivity contribution in [3.05, 3.63) is 205 Å². The maximum Gasteiger partial charge on any atom is 0.138 e. The van der Waals surface area contributed by atoms with E-state index in [4.69, 9.17) is 4.42 Å². The van der Waals surface area contributed by atoms with Crippen LogP contribution in [-0.2, 0) is 5.41 Å². The summed E-state index contributed by atoms with van der Waals surface area (Å²) in [6.45, 7) is 4.79. The van der Waals surface area contributed by atoms with Crippen molar-refractivity contribution in [1.82, 2.24) is 0 Å². The Kier molecular flexibility index (Phi) is 7.20. The van der Waals surface area contributed by atoms with E-state index < -0.39 is 0 Å². The average molecular weight is 719 g/mol. The van der Waals surface area contributed by atoms with Gasteiger partial charge in [-0.05, 0) is 93.7 Å². The summed E-state index contributed by atoms with van der Waals surface area (Å²) in [5, 5.41) is 7.19. The number of hydrogen-bond acceptors (Lipinski definition) is 3. The van der Waals surface area contributed by atoms with Crippen LogP contribution in [0.4, 0.5) is 34.1 Å². The predicted molar refractivity (Wildman–Crippen MR) is 236 cm³/mol. The second-order valence-corrected chi connectivity index (χ2v) is 15.3. The van der Waals surface area contributed by atoms with Crippen LogP contribution in [0.1, 0.15) is 25.0 Å². The molecule has 11 rings (SSSR count). The predicted octanol–water partition coefficient (Wildman–Crippen LogP) is 15.1. The molecule has 1 aliphatic carbocycles. The quantitative estimate of drug-likeness (QED) is 0.171. The van der Waals surface area contributed by atoms with Gasteiger partial charge in [-0.2, -0.15) is 0 Å². The Hall–Kier alpha value is -7.10. The number of fused-ring (bicyclic) bond motifs is 11. The third-order valence-corrected chi connectivity index (χ3v) is 11.8.